The SMILES string of the molecule is COc1cc(CNCCNC(=O)c2nonc2N)c(Br)cc1OCc1ccccc1. The van der Waals surface area contributed by atoms with Crippen LogP contribution in [0.4, 0.5) is 5.82 Å². The summed E-state index contributed by atoms with van der Waals surface area (Å²) in [4.78, 5) is 11.9. The van der Waals surface area contributed by atoms with Gasteiger partial charge in [-0.05, 0) is 33.6 Å². The third kappa shape index (κ3) is 5.71. The molecule has 9 nitrogen and oxygen atoms in total. The van der Waals surface area contributed by atoms with Crippen LogP contribution in [0.1, 0.15) is 21.6 Å². The van der Waals surface area contributed by atoms with Gasteiger partial charge < -0.3 is 25.8 Å². The Kier molecular flexibility index (Phi) is 7.63. The first kappa shape index (κ1) is 21.6. The number of halogens is 1. The molecule has 3 rings (SSSR count). The highest BCUT2D eigenvalue weighted by atomic mass is 79.9. The number of rotatable bonds is 10. The molecule has 4 N–H and O–H groups in total. The highest BCUT2D eigenvalue weighted by molar-refractivity contribution is 9.10. The van der Waals surface area contributed by atoms with E-state index in [1.54, 1.807) is 7.11 Å². The van der Waals surface area contributed by atoms with Gasteiger partial charge in [0.2, 0.25) is 11.5 Å². The van der Waals surface area contributed by atoms with Crippen LogP contribution in [0.3, 0.4) is 0 Å². The lowest BCUT2D eigenvalue weighted by atomic mass is 10.2. The smallest absolute Gasteiger partial charge is 0.277 e. The number of aromatic nitrogens is 2. The predicted octanol–water partition coefficient (Wildman–Crippen LogP) is 2.52. The predicted molar refractivity (Wildman–Crippen MR) is 114 cm³/mol. The number of benzene rings is 2. The van der Waals surface area contributed by atoms with Gasteiger partial charge in [0.1, 0.15) is 6.61 Å². The van der Waals surface area contributed by atoms with Crippen molar-refractivity contribution >= 4 is 27.7 Å². The molecule has 0 atom stereocenters. The molecule has 0 unspecified atom stereocenters. The molecule has 3 aromatic rings. The number of hydrogen-bond acceptors (Lipinski definition) is 8. The number of nitrogens with two attached hydrogens (primary N) is 1. The molecule has 0 fully saturated rings. The van der Waals surface area contributed by atoms with Gasteiger partial charge in [-0.25, -0.2) is 4.63 Å². The van der Waals surface area contributed by atoms with Crippen LogP contribution in [0.5, 0.6) is 11.5 Å². The molecule has 158 valence electrons. The van der Waals surface area contributed by atoms with Crippen LogP contribution in [0.25, 0.3) is 0 Å². The van der Waals surface area contributed by atoms with Gasteiger partial charge in [0.05, 0.1) is 7.11 Å². The number of nitrogen functional groups attached to an aromatic ring is 1. The molecule has 0 saturated heterocycles. The molecule has 30 heavy (non-hydrogen) atoms. The normalized spacial score (nSPS) is 10.6. The summed E-state index contributed by atoms with van der Waals surface area (Å²) in [6.45, 7) is 1.95. The van der Waals surface area contributed by atoms with Crippen LogP contribution in [0.2, 0.25) is 0 Å². The van der Waals surface area contributed by atoms with Gasteiger partial charge in [0, 0.05) is 24.1 Å². The maximum atomic E-state index is 11.9. The lowest BCUT2D eigenvalue weighted by Gasteiger charge is -2.14. The van der Waals surface area contributed by atoms with E-state index in [2.05, 4.69) is 41.5 Å². The zero-order valence-electron chi connectivity index (χ0n) is 16.4. The van der Waals surface area contributed by atoms with Crippen molar-refractivity contribution in [2.45, 2.75) is 13.2 Å². The van der Waals surface area contributed by atoms with E-state index in [-0.39, 0.29) is 11.5 Å². The van der Waals surface area contributed by atoms with E-state index in [4.69, 9.17) is 15.2 Å². The summed E-state index contributed by atoms with van der Waals surface area (Å²) in [5.41, 5.74) is 7.54. The lowest BCUT2D eigenvalue weighted by molar-refractivity contribution is 0.0944. The monoisotopic (exact) mass is 475 g/mol. The van der Waals surface area contributed by atoms with Crippen molar-refractivity contribution in [2.75, 3.05) is 25.9 Å². The van der Waals surface area contributed by atoms with E-state index in [0.29, 0.717) is 37.7 Å². The third-order valence-electron chi connectivity index (χ3n) is 4.20. The second kappa shape index (κ2) is 10.6. The molecular formula is C20H22BrN5O4. The molecule has 0 aliphatic rings. The van der Waals surface area contributed by atoms with Crippen molar-refractivity contribution in [1.82, 2.24) is 20.9 Å². The Hall–Kier alpha value is -3.11. The first-order chi connectivity index (χ1) is 14.6. The van der Waals surface area contributed by atoms with Gasteiger partial charge in [-0.1, -0.05) is 46.3 Å². The fraction of sp³-hybridized carbons (Fsp3) is 0.250. The zero-order chi connectivity index (χ0) is 21.3. The van der Waals surface area contributed by atoms with Crippen LogP contribution >= 0.6 is 15.9 Å². The first-order valence-corrected chi connectivity index (χ1v) is 9.98. The van der Waals surface area contributed by atoms with E-state index >= 15 is 0 Å². The molecule has 1 amide bonds. The average molecular weight is 476 g/mol. The maximum absolute atomic E-state index is 11.9. The standard InChI is InChI=1S/C20H22BrN5O4/c1-28-16-9-14(11-23-7-8-24-20(27)18-19(22)26-30-25-18)15(21)10-17(16)29-12-13-5-3-2-4-6-13/h2-6,9-10,23H,7-8,11-12H2,1H3,(H2,22,26)(H,24,27). The number of anilines is 1. The first-order valence-electron chi connectivity index (χ1n) is 9.18. The highest BCUT2D eigenvalue weighted by Crippen LogP contribution is 2.34. The molecule has 10 heteroatoms. The summed E-state index contributed by atoms with van der Waals surface area (Å²) >= 11 is 3.58. The second-order valence-corrected chi connectivity index (χ2v) is 7.15. The van der Waals surface area contributed by atoms with E-state index < -0.39 is 5.91 Å². The minimum absolute atomic E-state index is 0.0198. The minimum atomic E-state index is -0.432. The molecule has 0 bridgehead atoms. The topological polar surface area (TPSA) is 125 Å². The molecule has 2 aromatic carbocycles. The van der Waals surface area contributed by atoms with E-state index in [0.717, 1.165) is 15.6 Å². The van der Waals surface area contributed by atoms with Crippen molar-refractivity contribution in [1.29, 1.82) is 0 Å². The largest absolute Gasteiger partial charge is 0.493 e. The van der Waals surface area contributed by atoms with Crippen molar-refractivity contribution in [3.63, 3.8) is 0 Å². The van der Waals surface area contributed by atoms with Crippen LogP contribution in [-0.2, 0) is 13.2 Å². The van der Waals surface area contributed by atoms with Crippen molar-refractivity contribution in [3.05, 3.63) is 63.8 Å². The Balaban J connectivity index is 1.49. The Morgan fingerprint density at radius 3 is 2.67 bits per heavy atom. The highest BCUT2D eigenvalue weighted by Gasteiger charge is 2.15. The fourth-order valence-electron chi connectivity index (χ4n) is 2.64. The van der Waals surface area contributed by atoms with Gasteiger partial charge in [-0.3, -0.25) is 4.79 Å². The van der Waals surface area contributed by atoms with Gasteiger partial charge in [-0.2, -0.15) is 0 Å². The summed E-state index contributed by atoms with van der Waals surface area (Å²) in [5, 5.41) is 12.8. The number of carbonyl (C=O) groups is 1. The Bertz CT molecular complexity index is 981. The number of methoxy groups -OCH3 is 1. The van der Waals surface area contributed by atoms with E-state index in [1.165, 1.54) is 0 Å². The van der Waals surface area contributed by atoms with E-state index in [1.807, 2.05) is 42.5 Å². The molecular weight excluding hydrogens is 454 g/mol. The molecule has 1 aromatic heterocycles. The lowest BCUT2D eigenvalue weighted by Crippen LogP contribution is -2.32. The number of carbonyl (C=O) groups excluding carboxylic acids is 1. The molecule has 0 saturated carbocycles. The maximum Gasteiger partial charge on any atom is 0.277 e. The quantitative estimate of drug-likeness (QED) is 0.382. The third-order valence-corrected chi connectivity index (χ3v) is 4.94. The number of hydrogen-bond donors (Lipinski definition) is 3. The summed E-state index contributed by atoms with van der Waals surface area (Å²) < 4.78 is 16.7. The van der Waals surface area contributed by atoms with Crippen LogP contribution in [0, 0.1) is 0 Å². The minimum Gasteiger partial charge on any atom is -0.493 e. The Morgan fingerprint density at radius 2 is 1.97 bits per heavy atom. The van der Waals surface area contributed by atoms with E-state index in [9.17, 15) is 4.79 Å². The van der Waals surface area contributed by atoms with Gasteiger partial charge in [0.25, 0.3) is 5.91 Å². The van der Waals surface area contributed by atoms with Crippen molar-refractivity contribution < 1.29 is 18.9 Å². The van der Waals surface area contributed by atoms with Crippen LogP contribution in [-0.4, -0.2) is 36.4 Å². The molecule has 0 aliphatic carbocycles. The zero-order valence-corrected chi connectivity index (χ0v) is 17.9. The summed E-state index contributed by atoms with van der Waals surface area (Å²) in [6.07, 6.45) is 0. The van der Waals surface area contributed by atoms with Crippen molar-refractivity contribution in [3.8, 4) is 11.5 Å². The van der Waals surface area contributed by atoms with Gasteiger partial charge in [-0.15, -0.1) is 0 Å². The summed E-state index contributed by atoms with van der Waals surface area (Å²) in [5.74, 6) is 0.834. The Morgan fingerprint density at radius 1 is 1.17 bits per heavy atom. The number of nitrogens with zero attached hydrogens (tertiary/aromatic N) is 2. The van der Waals surface area contributed by atoms with Crippen molar-refractivity contribution in [2.24, 2.45) is 0 Å². The number of ether oxygens (including phenoxy) is 2. The summed E-state index contributed by atoms with van der Waals surface area (Å²) in [6, 6.07) is 13.7. The fourth-order valence-corrected chi connectivity index (χ4v) is 3.11. The Labute approximate surface area is 182 Å². The molecule has 0 spiro atoms. The molecule has 0 aliphatic heterocycles. The van der Waals surface area contributed by atoms with Gasteiger partial charge >= 0.3 is 0 Å². The average Bonchev–Trinajstić information content (AvgIpc) is 3.19. The molecule has 1 heterocycles. The van der Waals surface area contributed by atoms with Gasteiger partial charge in [0.15, 0.2) is 11.5 Å². The van der Waals surface area contributed by atoms with Crippen LogP contribution in [0.15, 0.2) is 51.6 Å². The summed E-state index contributed by atoms with van der Waals surface area (Å²) in [7, 11) is 1.61. The number of nitrogens with one attached hydrogen (secondary N) is 2. The number of amides is 1. The second-order valence-electron chi connectivity index (χ2n) is 6.30. The van der Waals surface area contributed by atoms with Crippen LogP contribution < -0.4 is 25.8 Å². The molecule has 0 radical (unpaired) electrons.